The average molecular weight is 201 g/mol. The second-order valence-electron chi connectivity index (χ2n) is 2.89. The lowest BCUT2D eigenvalue weighted by molar-refractivity contribution is 0.482. The van der Waals surface area contributed by atoms with Crippen molar-refractivity contribution in [2.75, 3.05) is 0 Å². The van der Waals surface area contributed by atoms with Gasteiger partial charge in [-0.3, -0.25) is 0 Å². The first-order valence-electron chi connectivity index (χ1n) is 4.34. The summed E-state index contributed by atoms with van der Waals surface area (Å²) in [5.74, 6) is 1.65. The molecule has 0 aliphatic carbocycles. The van der Waals surface area contributed by atoms with E-state index in [1.54, 1.807) is 0 Å². The van der Waals surface area contributed by atoms with Gasteiger partial charge in [0.1, 0.15) is 11.5 Å². The first-order chi connectivity index (χ1) is 6.84. The van der Waals surface area contributed by atoms with Crippen molar-refractivity contribution in [2.45, 2.75) is 4.90 Å². The fourth-order valence-electron chi connectivity index (χ4n) is 1.13. The third-order valence-electron chi connectivity index (χ3n) is 1.80. The van der Waals surface area contributed by atoms with E-state index < -0.39 is 0 Å². The van der Waals surface area contributed by atoms with Crippen molar-refractivity contribution in [2.24, 2.45) is 0 Å². The van der Waals surface area contributed by atoms with Gasteiger partial charge in [0.15, 0.2) is 0 Å². The third-order valence-corrected chi connectivity index (χ3v) is 2.07. The SMILES string of the molecule is [S]c1ccc(Oc2ccccc2)cc1. The molecule has 0 N–H and O–H groups in total. The van der Waals surface area contributed by atoms with E-state index in [0.717, 1.165) is 16.4 Å². The fraction of sp³-hybridized carbons (Fsp3) is 0. The van der Waals surface area contributed by atoms with Crippen LogP contribution in [0.25, 0.3) is 0 Å². The molecule has 2 rings (SSSR count). The lowest BCUT2D eigenvalue weighted by Gasteiger charge is -2.04. The van der Waals surface area contributed by atoms with E-state index in [-0.39, 0.29) is 0 Å². The molecule has 0 saturated carbocycles. The van der Waals surface area contributed by atoms with E-state index in [2.05, 4.69) is 0 Å². The van der Waals surface area contributed by atoms with Gasteiger partial charge in [-0.25, -0.2) is 0 Å². The average Bonchev–Trinajstić information content (AvgIpc) is 2.23. The van der Waals surface area contributed by atoms with Crippen molar-refractivity contribution in [3.8, 4) is 11.5 Å². The molecule has 2 aromatic rings. The van der Waals surface area contributed by atoms with Crippen LogP contribution in [-0.4, -0.2) is 0 Å². The molecule has 0 unspecified atom stereocenters. The molecule has 0 heterocycles. The molecule has 0 saturated heterocycles. The van der Waals surface area contributed by atoms with E-state index in [0.29, 0.717) is 0 Å². The van der Waals surface area contributed by atoms with Gasteiger partial charge in [-0.15, -0.1) is 0 Å². The normalized spacial score (nSPS) is 9.71. The van der Waals surface area contributed by atoms with Crippen molar-refractivity contribution in [3.63, 3.8) is 0 Å². The Labute approximate surface area is 88.8 Å². The van der Waals surface area contributed by atoms with Gasteiger partial charge in [-0.05, 0) is 36.4 Å². The highest BCUT2D eigenvalue weighted by atomic mass is 32.1. The highest BCUT2D eigenvalue weighted by Gasteiger charge is 1.94. The zero-order chi connectivity index (χ0) is 9.80. The highest BCUT2D eigenvalue weighted by Crippen LogP contribution is 2.21. The molecule has 2 heteroatoms. The van der Waals surface area contributed by atoms with Gasteiger partial charge in [-0.1, -0.05) is 30.8 Å². The molecule has 0 spiro atoms. The number of benzene rings is 2. The minimum Gasteiger partial charge on any atom is -0.457 e. The van der Waals surface area contributed by atoms with Gasteiger partial charge < -0.3 is 4.74 Å². The number of rotatable bonds is 2. The van der Waals surface area contributed by atoms with Crippen LogP contribution in [0.2, 0.25) is 0 Å². The highest BCUT2D eigenvalue weighted by molar-refractivity contribution is 7.80. The van der Waals surface area contributed by atoms with Gasteiger partial charge in [-0.2, -0.15) is 0 Å². The first-order valence-corrected chi connectivity index (χ1v) is 4.75. The Kier molecular flexibility index (Phi) is 2.65. The molecule has 0 aromatic heterocycles. The van der Waals surface area contributed by atoms with Crippen molar-refractivity contribution in [3.05, 3.63) is 54.6 Å². The van der Waals surface area contributed by atoms with E-state index in [9.17, 15) is 0 Å². The minimum atomic E-state index is 0.810. The number of para-hydroxylation sites is 1. The van der Waals surface area contributed by atoms with Crippen molar-refractivity contribution < 1.29 is 4.74 Å². The second kappa shape index (κ2) is 4.11. The number of hydrogen-bond acceptors (Lipinski definition) is 1. The monoisotopic (exact) mass is 201 g/mol. The summed E-state index contributed by atoms with van der Waals surface area (Å²) in [6.07, 6.45) is 0. The Hall–Kier alpha value is -1.54. The summed E-state index contributed by atoms with van der Waals surface area (Å²) >= 11 is 4.98. The summed E-state index contributed by atoms with van der Waals surface area (Å²) in [5.41, 5.74) is 0. The summed E-state index contributed by atoms with van der Waals surface area (Å²) in [7, 11) is 0. The summed E-state index contributed by atoms with van der Waals surface area (Å²) in [6, 6.07) is 17.1. The molecule has 0 amide bonds. The van der Waals surface area contributed by atoms with Crippen molar-refractivity contribution in [1.29, 1.82) is 0 Å². The Bertz CT molecular complexity index is 394. The molecule has 0 bridgehead atoms. The number of hydrogen-bond donors (Lipinski definition) is 0. The Morgan fingerprint density at radius 2 is 1.29 bits per heavy atom. The van der Waals surface area contributed by atoms with Gasteiger partial charge in [0.25, 0.3) is 0 Å². The van der Waals surface area contributed by atoms with E-state index in [1.807, 2.05) is 54.6 Å². The topological polar surface area (TPSA) is 9.23 Å². The standard InChI is InChI=1S/C12H9OS/c14-12-8-6-11(7-9-12)13-10-4-2-1-3-5-10/h1-9H. The lowest BCUT2D eigenvalue weighted by atomic mass is 10.3. The van der Waals surface area contributed by atoms with E-state index in [4.69, 9.17) is 17.4 Å². The maximum absolute atomic E-state index is 5.59. The lowest BCUT2D eigenvalue weighted by Crippen LogP contribution is -1.82. The van der Waals surface area contributed by atoms with Crippen LogP contribution in [0.5, 0.6) is 11.5 Å². The van der Waals surface area contributed by atoms with E-state index in [1.165, 1.54) is 0 Å². The summed E-state index contributed by atoms with van der Waals surface area (Å²) in [4.78, 5) is 0.824. The zero-order valence-corrected chi connectivity index (χ0v) is 8.33. The van der Waals surface area contributed by atoms with Gasteiger partial charge in [0.2, 0.25) is 0 Å². The quantitative estimate of drug-likeness (QED) is 0.712. The van der Waals surface area contributed by atoms with Gasteiger partial charge in [0, 0.05) is 4.90 Å². The minimum absolute atomic E-state index is 0.810. The molecule has 0 fully saturated rings. The fourth-order valence-corrected chi connectivity index (χ4v) is 1.27. The molecule has 1 radical (unpaired) electrons. The summed E-state index contributed by atoms with van der Waals surface area (Å²) in [5, 5.41) is 0. The Balaban J connectivity index is 2.16. The summed E-state index contributed by atoms with van der Waals surface area (Å²) in [6.45, 7) is 0. The van der Waals surface area contributed by atoms with Crippen molar-refractivity contribution in [1.82, 2.24) is 0 Å². The molecule has 69 valence electrons. The first kappa shape index (κ1) is 9.03. The second-order valence-corrected chi connectivity index (χ2v) is 3.36. The van der Waals surface area contributed by atoms with Crippen LogP contribution in [0, 0.1) is 0 Å². The molecular formula is C12H9OS. The van der Waals surface area contributed by atoms with Crippen LogP contribution in [0.4, 0.5) is 0 Å². The van der Waals surface area contributed by atoms with Crippen LogP contribution < -0.4 is 4.74 Å². The van der Waals surface area contributed by atoms with Gasteiger partial charge >= 0.3 is 0 Å². The molecule has 0 aliphatic heterocycles. The third kappa shape index (κ3) is 2.24. The predicted octanol–water partition coefficient (Wildman–Crippen LogP) is 4.04. The molecule has 0 atom stereocenters. The molecule has 0 aliphatic rings. The van der Waals surface area contributed by atoms with Crippen LogP contribution in [0.15, 0.2) is 59.5 Å². The Morgan fingerprint density at radius 1 is 0.714 bits per heavy atom. The van der Waals surface area contributed by atoms with Gasteiger partial charge in [0.05, 0.1) is 0 Å². The van der Waals surface area contributed by atoms with Crippen LogP contribution in [0.1, 0.15) is 0 Å². The Morgan fingerprint density at radius 3 is 1.93 bits per heavy atom. The summed E-state index contributed by atoms with van der Waals surface area (Å²) < 4.78 is 5.59. The largest absolute Gasteiger partial charge is 0.457 e. The maximum atomic E-state index is 5.59. The smallest absolute Gasteiger partial charge is 0.127 e. The molecular weight excluding hydrogens is 192 g/mol. The van der Waals surface area contributed by atoms with Crippen LogP contribution in [0.3, 0.4) is 0 Å². The molecule has 2 aromatic carbocycles. The van der Waals surface area contributed by atoms with Crippen molar-refractivity contribution >= 4 is 12.6 Å². The van der Waals surface area contributed by atoms with Crippen LogP contribution in [-0.2, 0) is 0 Å². The molecule has 1 nitrogen and oxygen atoms in total. The number of ether oxygens (including phenoxy) is 1. The van der Waals surface area contributed by atoms with Crippen LogP contribution >= 0.6 is 12.6 Å². The zero-order valence-electron chi connectivity index (χ0n) is 7.51. The maximum Gasteiger partial charge on any atom is 0.127 e. The predicted molar refractivity (Wildman–Crippen MR) is 58.8 cm³/mol. The van der Waals surface area contributed by atoms with E-state index >= 15 is 0 Å². The molecule has 14 heavy (non-hydrogen) atoms.